The average molecular weight is 585 g/mol. The number of nitrogens with zero attached hydrogens (tertiary/aromatic N) is 2. The number of carboxylic acids is 1. The zero-order chi connectivity index (χ0) is 29.6. The maximum atomic E-state index is 13.4. The SMILES string of the molecule is CC(NC(=O)C(CN(C)Cc1ccccc1)NC(=O)OCC1c2ccccc2-c2ccccc21)c1nc(C(=O)O)cs1. The van der Waals surface area contributed by atoms with Crippen molar-refractivity contribution in [2.24, 2.45) is 0 Å². The lowest BCUT2D eigenvalue weighted by Crippen LogP contribution is -2.52. The minimum atomic E-state index is -1.13. The Balaban J connectivity index is 1.27. The van der Waals surface area contributed by atoms with Crippen molar-refractivity contribution in [1.29, 1.82) is 0 Å². The Labute approximate surface area is 248 Å². The van der Waals surface area contributed by atoms with Crippen LogP contribution in [0.15, 0.2) is 84.2 Å². The van der Waals surface area contributed by atoms with Gasteiger partial charge in [-0.3, -0.25) is 9.69 Å². The Kier molecular flexibility index (Phi) is 8.94. The quantitative estimate of drug-likeness (QED) is 0.225. The fraction of sp³-hybridized carbons (Fsp3) is 0.250. The van der Waals surface area contributed by atoms with Crippen LogP contribution in [0.3, 0.4) is 0 Å². The van der Waals surface area contributed by atoms with Crippen LogP contribution in [0.1, 0.15) is 51.1 Å². The number of rotatable bonds is 11. The summed E-state index contributed by atoms with van der Waals surface area (Å²) >= 11 is 1.15. The lowest BCUT2D eigenvalue weighted by atomic mass is 9.98. The van der Waals surface area contributed by atoms with E-state index in [2.05, 4.69) is 27.8 Å². The van der Waals surface area contributed by atoms with Gasteiger partial charge in [-0.1, -0.05) is 78.9 Å². The molecule has 3 N–H and O–H groups in total. The van der Waals surface area contributed by atoms with E-state index in [4.69, 9.17) is 4.74 Å². The maximum absolute atomic E-state index is 13.4. The van der Waals surface area contributed by atoms with Crippen molar-refractivity contribution in [3.63, 3.8) is 0 Å². The highest BCUT2D eigenvalue weighted by Crippen LogP contribution is 2.44. The molecule has 0 spiro atoms. The first kappa shape index (κ1) is 29.0. The number of aromatic nitrogens is 1. The molecule has 3 aromatic carbocycles. The molecule has 42 heavy (non-hydrogen) atoms. The first-order valence-electron chi connectivity index (χ1n) is 13.6. The number of hydrogen-bond acceptors (Lipinski definition) is 7. The fourth-order valence-electron chi connectivity index (χ4n) is 5.21. The lowest BCUT2D eigenvalue weighted by molar-refractivity contribution is -0.124. The Bertz CT molecular complexity index is 1530. The van der Waals surface area contributed by atoms with Gasteiger partial charge in [0.15, 0.2) is 5.69 Å². The summed E-state index contributed by atoms with van der Waals surface area (Å²) < 4.78 is 5.72. The molecule has 4 aromatic rings. The number of ether oxygens (including phenoxy) is 1. The molecule has 0 aliphatic heterocycles. The van der Waals surface area contributed by atoms with E-state index in [-0.39, 0.29) is 24.8 Å². The number of benzene rings is 3. The van der Waals surface area contributed by atoms with Crippen LogP contribution >= 0.6 is 11.3 Å². The average Bonchev–Trinajstić information content (AvgIpc) is 3.60. The molecular formula is C32H32N4O5S. The first-order chi connectivity index (χ1) is 20.3. The highest BCUT2D eigenvalue weighted by molar-refractivity contribution is 7.09. The number of carbonyl (C=O) groups excluding carboxylic acids is 2. The van der Waals surface area contributed by atoms with Crippen LogP contribution in [0.2, 0.25) is 0 Å². The Morgan fingerprint density at radius 1 is 0.952 bits per heavy atom. The molecule has 2 amide bonds. The second kappa shape index (κ2) is 13.0. The minimum absolute atomic E-state index is 0.0768. The van der Waals surface area contributed by atoms with Crippen LogP contribution in [0, 0.1) is 0 Å². The third-order valence-corrected chi connectivity index (χ3v) is 8.24. The van der Waals surface area contributed by atoms with E-state index < -0.39 is 30.1 Å². The molecule has 0 bridgehead atoms. The zero-order valence-corrected chi connectivity index (χ0v) is 24.1. The zero-order valence-electron chi connectivity index (χ0n) is 23.3. The molecule has 2 unspecified atom stereocenters. The van der Waals surface area contributed by atoms with Gasteiger partial charge in [0.25, 0.3) is 0 Å². The van der Waals surface area contributed by atoms with Crippen LogP contribution in [0.5, 0.6) is 0 Å². The molecule has 0 fully saturated rings. The Morgan fingerprint density at radius 2 is 1.57 bits per heavy atom. The summed E-state index contributed by atoms with van der Waals surface area (Å²) in [6, 6.07) is 24.5. The largest absolute Gasteiger partial charge is 0.476 e. The molecular weight excluding hydrogens is 552 g/mol. The molecule has 1 aliphatic rings. The van der Waals surface area contributed by atoms with Crippen LogP contribution in [-0.4, -0.2) is 59.2 Å². The summed E-state index contributed by atoms with van der Waals surface area (Å²) in [4.78, 5) is 43.8. The molecule has 1 aromatic heterocycles. The number of aromatic carboxylic acids is 1. The van der Waals surface area contributed by atoms with E-state index in [0.29, 0.717) is 11.6 Å². The first-order valence-corrected chi connectivity index (χ1v) is 14.5. The predicted molar refractivity (Wildman–Crippen MR) is 160 cm³/mol. The number of carbonyl (C=O) groups is 3. The maximum Gasteiger partial charge on any atom is 0.407 e. The second-order valence-corrected chi connectivity index (χ2v) is 11.2. The number of thiazole rings is 1. The van der Waals surface area contributed by atoms with Gasteiger partial charge in [0, 0.05) is 24.4 Å². The number of carboxylic acid groups (broad SMARTS) is 1. The molecule has 1 heterocycles. The Hall–Kier alpha value is -4.54. The van der Waals surface area contributed by atoms with Gasteiger partial charge in [-0.05, 0) is 41.8 Å². The topological polar surface area (TPSA) is 121 Å². The lowest BCUT2D eigenvalue weighted by Gasteiger charge is -2.25. The van der Waals surface area contributed by atoms with Gasteiger partial charge >= 0.3 is 12.1 Å². The van der Waals surface area contributed by atoms with Gasteiger partial charge in [0.2, 0.25) is 5.91 Å². The third kappa shape index (κ3) is 6.67. The van der Waals surface area contributed by atoms with Gasteiger partial charge in [-0.2, -0.15) is 0 Å². The molecule has 2 atom stereocenters. The van der Waals surface area contributed by atoms with Crippen molar-refractivity contribution in [3.05, 3.63) is 112 Å². The molecule has 9 nitrogen and oxygen atoms in total. The number of hydrogen-bond donors (Lipinski definition) is 3. The number of amides is 2. The monoisotopic (exact) mass is 584 g/mol. The molecule has 10 heteroatoms. The molecule has 216 valence electrons. The second-order valence-electron chi connectivity index (χ2n) is 10.3. The van der Waals surface area contributed by atoms with E-state index in [9.17, 15) is 19.5 Å². The normalized spacial score (nSPS) is 13.6. The summed E-state index contributed by atoms with van der Waals surface area (Å²) in [6.07, 6.45) is -0.694. The highest BCUT2D eigenvalue weighted by Gasteiger charge is 2.30. The highest BCUT2D eigenvalue weighted by atomic mass is 32.1. The number of likely N-dealkylation sites (N-methyl/N-ethyl adjacent to an activating group) is 1. The van der Waals surface area contributed by atoms with Crippen molar-refractivity contribution in [2.75, 3.05) is 20.2 Å². The molecule has 0 saturated heterocycles. The van der Waals surface area contributed by atoms with Crippen molar-refractivity contribution in [1.82, 2.24) is 20.5 Å². The summed E-state index contributed by atoms with van der Waals surface area (Å²) in [6.45, 7) is 2.64. The molecule has 5 rings (SSSR count). The molecule has 0 radical (unpaired) electrons. The summed E-state index contributed by atoms with van der Waals surface area (Å²) in [5, 5.41) is 16.7. The van der Waals surface area contributed by atoms with Gasteiger partial charge in [-0.15, -0.1) is 11.3 Å². The molecule has 0 saturated carbocycles. The molecule has 1 aliphatic carbocycles. The predicted octanol–water partition coefficient (Wildman–Crippen LogP) is 5.06. The number of alkyl carbamates (subject to hydrolysis) is 1. The standard InChI is InChI=1S/C32H32N4O5S/c1-20(30-34-28(19-42-30)31(38)39)33-29(37)27(17-36(2)16-21-10-4-3-5-11-21)35-32(40)41-18-26-24-14-8-6-12-22(24)23-13-7-9-15-25(23)26/h3-15,19-20,26-27H,16-18H2,1-2H3,(H,33,37)(H,35,40)(H,38,39). The number of fused-ring (bicyclic) bond motifs is 3. The van der Waals surface area contributed by atoms with Gasteiger partial charge in [0.05, 0.1) is 6.04 Å². The van der Waals surface area contributed by atoms with E-state index >= 15 is 0 Å². The summed E-state index contributed by atoms with van der Waals surface area (Å²) in [7, 11) is 1.87. The smallest absolute Gasteiger partial charge is 0.407 e. The van der Waals surface area contributed by atoms with E-state index in [1.165, 1.54) is 5.38 Å². The van der Waals surface area contributed by atoms with Gasteiger partial charge < -0.3 is 20.5 Å². The van der Waals surface area contributed by atoms with Crippen molar-refractivity contribution < 1.29 is 24.2 Å². The van der Waals surface area contributed by atoms with Crippen LogP contribution in [-0.2, 0) is 16.1 Å². The number of nitrogens with one attached hydrogen (secondary N) is 2. The minimum Gasteiger partial charge on any atom is -0.476 e. The van der Waals surface area contributed by atoms with Gasteiger partial charge in [0.1, 0.15) is 17.7 Å². The third-order valence-electron chi connectivity index (χ3n) is 7.21. The summed E-state index contributed by atoms with van der Waals surface area (Å²) in [5.41, 5.74) is 5.45. The van der Waals surface area contributed by atoms with Gasteiger partial charge in [-0.25, -0.2) is 14.6 Å². The summed E-state index contributed by atoms with van der Waals surface area (Å²) in [5.74, 6) is -1.67. The van der Waals surface area contributed by atoms with E-state index in [1.54, 1.807) is 6.92 Å². The van der Waals surface area contributed by atoms with E-state index in [0.717, 1.165) is 39.2 Å². The van der Waals surface area contributed by atoms with Crippen molar-refractivity contribution >= 4 is 29.3 Å². The van der Waals surface area contributed by atoms with Crippen LogP contribution < -0.4 is 10.6 Å². The van der Waals surface area contributed by atoms with Crippen LogP contribution in [0.4, 0.5) is 4.79 Å². The van der Waals surface area contributed by atoms with Crippen molar-refractivity contribution in [3.8, 4) is 11.1 Å². The van der Waals surface area contributed by atoms with E-state index in [1.807, 2.05) is 78.7 Å². The van der Waals surface area contributed by atoms with Crippen molar-refractivity contribution in [2.45, 2.75) is 31.5 Å². The fourth-order valence-corrected chi connectivity index (χ4v) is 6.01. The Morgan fingerprint density at radius 3 is 2.19 bits per heavy atom. The van der Waals surface area contributed by atoms with Crippen LogP contribution in [0.25, 0.3) is 11.1 Å².